The number of carbonyl (C=O) groups is 2. The van der Waals surface area contributed by atoms with Gasteiger partial charge in [0.05, 0.1) is 24.3 Å². The number of ether oxygens (including phenoxy) is 3. The van der Waals surface area contributed by atoms with Crippen LogP contribution in [0.15, 0.2) is 24.3 Å². The van der Waals surface area contributed by atoms with Gasteiger partial charge in [-0.3, -0.25) is 0 Å². The molecule has 0 radical (unpaired) electrons. The Morgan fingerprint density at radius 3 is 1.96 bits per heavy atom. The highest BCUT2D eigenvalue weighted by molar-refractivity contribution is 6.03. The van der Waals surface area contributed by atoms with Crippen molar-refractivity contribution in [1.82, 2.24) is 0 Å². The fraction of sp³-hybridized carbons (Fsp3) is 0.619. The van der Waals surface area contributed by atoms with Gasteiger partial charge in [-0.05, 0) is 37.3 Å². The summed E-state index contributed by atoms with van der Waals surface area (Å²) in [5.41, 5.74) is 0.517. The maximum Gasteiger partial charge on any atom is 0.339 e. The molecule has 5 heteroatoms. The average Bonchev–Trinajstić information content (AvgIpc) is 2.67. The molecule has 0 aliphatic rings. The first-order valence-corrected chi connectivity index (χ1v) is 9.56. The van der Waals surface area contributed by atoms with Crippen LogP contribution in [0.3, 0.4) is 0 Å². The van der Waals surface area contributed by atoms with Crippen molar-refractivity contribution in [3.63, 3.8) is 0 Å². The SMILES string of the molecule is CCCCC(CCOC)CCOC(=O)c1ccccc1C(=O)OCCC. The summed E-state index contributed by atoms with van der Waals surface area (Å²) < 4.78 is 15.7. The third-order valence-electron chi connectivity index (χ3n) is 4.26. The van der Waals surface area contributed by atoms with Gasteiger partial charge in [0.2, 0.25) is 0 Å². The Morgan fingerprint density at radius 2 is 1.42 bits per heavy atom. The minimum atomic E-state index is -0.486. The zero-order chi connectivity index (χ0) is 19.2. The van der Waals surface area contributed by atoms with Gasteiger partial charge in [-0.15, -0.1) is 0 Å². The first kappa shape index (κ1) is 22.2. The van der Waals surface area contributed by atoms with Crippen LogP contribution in [0.5, 0.6) is 0 Å². The molecule has 1 rings (SSSR count). The maximum atomic E-state index is 12.4. The van der Waals surface area contributed by atoms with Crippen LogP contribution in [0, 0.1) is 5.92 Å². The highest BCUT2D eigenvalue weighted by Gasteiger charge is 2.19. The number of benzene rings is 1. The van der Waals surface area contributed by atoms with Crippen molar-refractivity contribution in [2.75, 3.05) is 26.9 Å². The molecule has 1 aromatic carbocycles. The van der Waals surface area contributed by atoms with E-state index in [0.717, 1.165) is 38.5 Å². The Bertz CT molecular complexity index is 533. The third-order valence-corrected chi connectivity index (χ3v) is 4.26. The van der Waals surface area contributed by atoms with Crippen molar-refractivity contribution in [3.8, 4) is 0 Å². The van der Waals surface area contributed by atoms with Crippen LogP contribution in [0.1, 0.15) is 73.1 Å². The van der Waals surface area contributed by atoms with Gasteiger partial charge >= 0.3 is 11.9 Å². The molecule has 26 heavy (non-hydrogen) atoms. The van der Waals surface area contributed by atoms with Gasteiger partial charge < -0.3 is 14.2 Å². The summed E-state index contributed by atoms with van der Waals surface area (Å²) in [6.45, 7) is 5.48. The molecule has 5 nitrogen and oxygen atoms in total. The Morgan fingerprint density at radius 1 is 0.846 bits per heavy atom. The zero-order valence-electron chi connectivity index (χ0n) is 16.3. The normalized spacial score (nSPS) is 11.8. The van der Waals surface area contributed by atoms with Crippen LogP contribution in [0.2, 0.25) is 0 Å². The minimum Gasteiger partial charge on any atom is -0.462 e. The number of hydrogen-bond donors (Lipinski definition) is 0. The van der Waals surface area contributed by atoms with Crippen molar-refractivity contribution in [1.29, 1.82) is 0 Å². The summed E-state index contributed by atoms with van der Waals surface area (Å²) in [5, 5.41) is 0. The topological polar surface area (TPSA) is 61.8 Å². The van der Waals surface area contributed by atoms with Gasteiger partial charge in [-0.25, -0.2) is 9.59 Å². The lowest BCUT2D eigenvalue weighted by Gasteiger charge is -2.16. The van der Waals surface area contributed by atoms with Crippen LogP contribution in [0.4, 0.5) is 0 Å². The molecular formula is C21H32O5. The van der Waals surface area contributed by atoms with Crippen LogP contribution >= 0.6 is 0 Å². The largest absolute Gasteiger partial charge is 0.462 e. The number of esters is 2. The van der Waals surface area contributed by atoms with E-state index in [-0.39, 0.29) is 11.1 Å². The summed E-state index contributed by atoms with van der Waals surface area (Å²) in [6, 6.07) is 6.63. The van der Waals surface area contributed by atoms with Crippen molar-refractivity contribution in [2.45, 2.75) is 52.4 Å². The van der Waals surface area contributed by atoms with E-state index in [0.29, 0.717) is 25.7 Å². The lowest BCUT2D eigenvalue weighted by molar-refractivity contribution is 0.0438. The fourth-order valence-electron chi connectivity index (χ4n) is 2.72. The number of methoxy groups -OCH3 is 1. The van der Waals surface area contributed by atoms with Crippen molar-refractivity contribution in [2.24, 2.45) is 5.92 Å². The van der Waals surface area contributed by atoms with Gasteiger partial charge in [-0.1, -0.05) is 45.2 Å². The second-order valence-electron chi connectivity index (χ2n) is 6.40. The Hall–Kier alpha value is -1.88. The summed E-state index contributed by atoms with van der Waals surface area (Å²) in [6.07, 6.45) is 5.92. The van der Waals surface area contributed by atoms with E-state index in [1.807, 2.05) is 6.92 Å². The number of carbonyl (C=O) groups excluding carboxylic acids is 2. The molecule has 0 fully saturated rings. The van der Waals surface area contributed by atoms with Crippen LogP contribution < -0.4 is 0 Å². The molecule has 0 saturated heterocycles. The molecule has 0 N–H and O–H groups in total. The van der Waals surface area contributed by atoms with Crippen LogP contribution in [-0.2, 0) is 14.2 Å². The van der Waals surface area contributed by atoms with E-state index in [2.05, 4.69) is 6.92 Å². The quantitative estimate of drug-likeness (QED) is 0.477. The molecule has 0 spiro atoms. The van der Waals surface area contributed by atoms with Crippen molar-refractivity contribution in [3.05, 3.63) is 35.4 Å². The zero-order valence-corrected chi connectivity index (χ0v) is 16.3. The second-order valence-corrected chi connectivity index (χ2v) is 6.40. The number of unbranched alkanes of at least 4 members (excludes halogenated alkanes) is 1. The predicted molar refractivity (Wildman–Crippen MR) is 101 cm³/mol. The summed E-state index contributed by atoms with van der Waals surface area (Å²) in [5.74, 6) is -0.484. The molecule has 1 unspecified atom stereocenters. The Kier molecular flexibility index (Phi) is 11.4. The number of rotatable bonds is 13. The molecule has 0 heterocycles. The fourth-order valence-corrected chi connectivity index (χ4v) is 2.72. The average molecular weight is 364 g/mol. The van der Waals surface area contributed by atoms with Gasteiger partial charge in [0, 0.05) is 13.7 Å². The molecule has 0 bridgehead atoms. The maximum absolute atomic E-state index is 12.4. The Balaban J connectivity index is 2.60. The molecular weight excluding hydrogens is 332 g/mol. The molecule has 0 aliphatic carbocycles. The summed E-state index contributed by atoms with van der Waals surface area (Å²) in [7, 11) is 1.70. The van der Waals surface area contributed by atoms with Crippen molar-refractivity contribution >= 4 is 11.9 Å². The second kappa shape index (κ2) is 13.3. The molecule has 0 amide bonds. The van der Waals surface area contributed by atoms with E-state index in [9.17, 15) is 9.59 Å². The first-order chi connectivity index (χ1) is 12.6. The Labute approximate surface area is 157 Å². The predicted octanol–water partition coefficient (Wildman–Crippen LogP) is 4.64. The molecule has 0 aliphatic heterocycles. The lowest BCUT2D eigenvalue weighted by Crippen LogP contribution is -2.16. The third kappa shape index (κ3) is 8.00. The summed E-state index contributed by atoms with van der Waals surface area (Å²) >= 11 is 0. The van der Waals surface area contributed by atoms with Crippen LogP contribution in [0.25, 0.3) is 0 Å². The van der Waals surface area contributed by atoms with E-state index in [4.69, 9.17) is 14.2 Å². The van der Waals surface area contributed by atoms with Gasteiger partial charge in [0.15, 0.2) is 0 Å². The van der Waals surface area contributed by atoms with E-state index in [1.165, 1.54) is 0 Å². The van der Waals surface area contributed by atoms with Gasteiger partial charge in [0.25, 0.3) is 0 Å². The molecule has 0 aromatic heterocycles. The molecule has 146 valence electrons. The molecule has 1 aromatic rings. The lowest BCUT2D eigenvalue weighted by atomic mass is 9.96. The van der Waals surface area contributed by atoms with Gasteiger partial charge in [0.1, 0.15) is 0 Å². The first-order valence-electron chi connectivity index (χ1n) is 9.56. The highest BCUT2D eigenvalue weighted by atomic mass is 16.5. The minimum absolute atomic E-state index is 0.257. The van der Waals surface area contributed by atoms with Crippen molar-refractivity contribution < 1.29 is 23.8 Å². The highest BCUT2D eigenvalue weighted by Crippen LogP contribution is 2.18. The van der Waals surface area contributed by atoms with Crippen LogP contribution in [-0.4, -0.2) is 38.9 Å². The standard InChI is InChI=1S/C21H32O5/c1-4-6-9-17(12-15-24-3)13-16-26-21(23)19-11-8-7-10-18(19)20(22)25-14-5-2/h7-8,10-11,17H,4-6,9,12-16H2,1-3H3. The van der Waals surface area contributed by atoms with E-state index < -0.39 is 11.9 Å². The number of hydrogen-bond acceptors (Lipinski definition) is 5. The van der Waals surface area contributed by atoms with E-state index >= 15 is 0 Å². The molecule has 0 saturated carbocycles. The smallest absolute Gasteiger partial charge is 0.339 e. The monoisotopic (exact) mass is 364 g/mol. The van der Waals surface area contributed by atoms with Gasteiger partial charge in [-0.2, -0.15) is 0 Å². The molecule has 1 atom stereocenters. The van der Waals surface area contributed by atoms with E-state index in [1.54, 1.807) is 31.4 Å². The summed E-state index contributed by atoms with van der Waals surface area (Å²) in [4.78, 5) is 24.5.